The average molecular weight is 207 g/mol. The molecule has 1 nitrogen and oxygen atoms in total. The Morgan fingerprint density at radius 3 is 2.50 bits per heavy atom. The SMILES string of the molecule is CCc1cccc(C(C)C)c1C(N)=S. The van der Waals surface area contributed by atoms with Crippen LogP contribution < -0.4 is 5.73 Å². The van der Waals surface area contributed by atoms with Crippen molar-refractivity contribution >= 4 is 17.2 Å². The van der Waals surface area contributed by atoms with Crippen LogP contribution in [0, 0.1) is 0 Å². The van der Waals surface area contributed by atoms with Gasteiger partial charge in [-0.2, -0.15) is 0 Å². The van der Waals surface area contributed by atoms with Crippen molar-refractivity contribution in [1.82, 2.24) is 0 Å². The Morgan fingerprint density at radius 1 is 1.43 bits per heavy atom. The van der Waals surface area contributed by atoms with Crippen molar-refractivity contribution in [3.8, 4) is 0 Å². The van der Waals surface area contributed by atoms with Crippen LogP contribution in [0.4, 0.5) is 0 Å². The van der Waals surface area contributed by atoms with Crippen LogP contribution in [-0.4, -0.2) is 4.99 Å². The van der Waals surface area contributed by atoms with Gasteiger partial charge in [-0.3, -0.25) is 0 Å². The summed E-state index contributed by atoms with van der Waals surface area (Å²) in [5.41, 5.74) is 9.36. The van der Waals surface area contributed by atoms with E-state index in [1.165, 1.54) is 11.1 Å². The lowest BCUT2D eigenvalue weighted by Crippen LogP contribution is -2.15. The normalized spacial score (nSPS) is 10.6. The highest BCUT2D eigenvalue weighted by Gasteiger charge is 2.11. The van der Waals surface area contributed by atoms with Gasteiger partial charge in [0, 0.05) is 5.56 Å². The van der Waals surface area contributed by atoms with E-state index in [9.17, 15) is 0 Å². The molecule has 2 N–H and O–H groups in total. The van der Waals surface area contributed by atoms with Gasteiger partial charge in [-0.25, -0.2) is 0 Å². The quantitative estimate of drug-likeness (QED) is 0.771. The molecule has 76 valence electrons. The molecule has 0 aliphatic heterocycles. The Hall–Kier alpha value is -0.890. The highest BCUT2D eigenvalue weighted by molar-refractivity contribution is 7.80. The smallest absolute Gasteiger partial charge is 0.104 e. The number of thiocarbonyl (C=S) groups is 1. The lowest BCUT2D eigenvalue weighted by molar-refractivity contribution is 0.859. The summed E-state index contributed by atoms with van der Waals surface area (Å²) in [6, 6.07) is 6.29. The van der Waals surface area contributed by atoms with Gasteiger partial charge < -0.3 is 5.73 Å². The van der Waals surface area contributed by atoms with Gasteiger partial charge in [0.15, 0.2) is 0 Å². The molecule has 0 saturated carbocycles. The lowest BCUT2D eigenvalue weighted by Gasteiger charge is -2.15. The van der Waals surface area contributed by atoms with Crippen LogP contribution in [0.2, 0.25) is 0 Å². The number of rotatable bonds is 3. The zero-order chi connectivity index (χ0) is 10.7. The van der Waals surface area contributed by atoms with Gasteiger partial charge >= 0.3 is 0 Å². The number of nitrogens with two attached hydrogens (primary N) is 1. The predicted molar refractivity (Wildman–Crippen MR) is 65.8 cm³/mol. The molecule has 0 saturated heterocycles. The van der Waals surface area contributed by atoms with Crippen LogP contribution in [-0.2, 0) is 6.42 Å². The first kappa shape index (κ1) is 11.2. The van der Waals surface area contributed by atoms with E-state index in [1.807, 2.05) is 0 Å². The molecular weight excluding hydrogens is 190 g/mol. The molecule has 1 aromatic rings. The zero-order valence-corrected chi connectivity index (χ0v) is 9.82. The Morgan fingerprint density at radius 2 is 2.07 bits per heavy atom. The van der Waals surface area contributed by atoms with Crippen LogP contribution in [0.1, 0.15) is 43.4 Å². The average Bonchev–Trinajstić information content (AvgIpc) is 2.16. The highest BCUT2D eigenvalue weighted by atomic mass is 32.1. The Labute approximate surface area is 91.3 Å². The van der Waals surface area contributed by atoms with Crippen molar-refractivity contribution in [3.05, 3.63) is 34.9 Å². The molecule has 0 amide bonds. The van der Waals surface area contributed by atoms with Crippen molar-refractivity contribution in [2.45, 2.75) is 33.1 Å². The first-order valence-corrected chi connectivity index (χ1v) is 5.40. The van der Waals surface area contributed by atoms with Crippen LogP contribution in [0.25, 0.3) is 0 Å². The van der Waals surface area contributed by atoms with Gasteiger partial charge in [-0.15, -0.1) is 0 Å². The number of aryl methyl sites for hydroxylation is 1. The second-order valence-corrected chi connectivity index (χ2v) is 4.19. The number of hydrogen-bond donors (Lipinski definition) is 1. The van der Waals surface area contributed by atoms with Crippen LogP contribution >= 0.6 is 12.2 Å². The van der Waals surface area contributed by atoms with Gasteiger partial charge in [0.25, 0.3) is 0 Å². The summed E-state index contributed by atoms with van der Waals surface area (Å²) in [6.07, 6.45) is 0.979. The molecule has 0 aliphatic rings. The van der Waals surface area contributed by atoms with E-state index in [1.54, 1.807) is 0 Å². The minimum Gasteiger partial charge on any atom is -0.389 e. The minimum absolute atomic E-state index is 0.470. The third kappa shape index (κ3) is 2.13. The fraction of sp³-hybridized carbons (Fsp3) is 0.417. The standard InChI is InChI=1S/C12H17NS/c1-4-9-6-5-7-10(8(2)3)11(9)12(13)14/h5-8H,4H2,1-3H3,(H2,13,14). The van der Waals surface area contributed by atoms with Gasteiger partial charge in [0.2, 0.25) is 0 Å². The van der Waals surface area contributed by atoms with Crippen molar-refractivity contribution in [2.24, 2.45) is 5.73 Å². The van der Waals surface area contributed by atoms with Gasteiger partial charge in [0.1, 0.15) is 4.99 Å². The molecular formula is C12H17NS. The monoisotopic (exact) mass is 207 g/mol. The van der Waals surface area contributed by atoms with E-state index in [2.05, 4.69) is 39.0 Å². The van der Waals surface area contributed by atoms with E-state index in [0.717, 1.165) is 12.0 Å². The maximum atomic E-state index is 5.76. The zero-order valence-electron chi connectivity index (χ0n) is 9.00. The fourth-order valence-corrected chi connectivity index (χ4v) is 1.95. The third-order valence-corrected chi connectivity index (χ3v) is 2.64. The molecule has 0 fully saturated rings. The predicted octanol–water partition coefficient (Wildman–Crippen LogP) is 3.01. The Bertz CT molecular complexity index is 342. The summed E-state index contributed by atoms with van der Waals surface area (Å²) >= 11 is 5.10. The minimum atomic E-state index is 0.470. The van der Waals surface area contributed by atoms with E-state index < -0.39 is 0 Å². The van der Waals surface area contributed by atoms with Crippen molar-refractivity contribution in [2.75, 3.05) is 0 Å². The maximum absolute atomic E-state index is 5.76. The molecule has 14 heavy (non-hydrogen) atoms. The summed E-state index contributed by atoms with van der Waals surface area (Å²) in [5, 5.41) is 0. The fourth-order valence-electron chi connectivity index (χ4n) is 1.70. The second-order valence-electron chi connectivity index (χ2n) is 3.75. The largest absolute Gasteiger partial charge is 0.389 e. The summed E-state index contributed by atoms with van der Waals surface area (Å²) in [4.78, 5) is 0.520. The van der Waals surface area contributed by atoms with Gasteiger partial charge in [-0.1, -0.05) is 51.2 Å². The van der Waals surface area contributed by atoms with E-state index in [4.69, 9.17) is 18.0 Å². The van der Waals surface area contributed by atoms with Crippen molar-refractivity contribution in [3.63, 3.8) is 0 Å². The van der Waals surface area contributed by atoms with E-state index in [-0.39, 0.29) is 0 Å². The second kappa shape index (κ2) is 4.56. The molecule has 0 radical (unpaired) electrons. The number of hydrogen-bond acceptors (Lipinski definition) is 1. The molecule has 0 aromatic heterocycles. The summed E-state index contributed by atoms with van der Waals surface area (Å²) in [5.74, 6) is 0.470. The van der Waals surface area contributed by atoms with Gasteiger partial charge in [0.05, 0.1) is 0 Å². The molecule has 2 heteroatoms. The van der Waals surface area contributed by atoms with Crippen LogP contribution in [0.3, 0.4) is 0 Å². The van der Waals surface area contributed by atoms with Crippen LogP contribution in [0.5, 0.6) is 0 Å². The molecule has 0 unspecified atom stereocenters. The lowest BCUT2D eigenvalue weighted by atomic mass is 9.92. The topological polar surface area (TPSA) is 26.0 Å². The third-order valence-electron chi connectivity index (χ3n) is 2.43. The molecule has 0 bridgehead atoms. The van der Waals surface area contributed by atoms with Gasteiger partial charge in [-0.05, 0) is 23.5 Å². The first-order valence-electron chi connectivity index (χ1n) is 4.99. The maximum Gasteiger partial charge on any atom is 0.104 e. The molecule has 0 atom stereocenters. The van der Waals surface area contributed by atoms with Crippen molar-refractivity contribution < 1.29 is 0 Å². The van der Waals surface area contributed by atoms with E-state index in [0.29, 0.717) is 10.9 Å². The number of benzene rings is 1. The van der Waals surface area contributed by atoms with E-state index >= 15 is 0 Å². The molecule has 1 rings (SSSR count). The molecule has 0 heterocycles. The first-order chi connectivity index (χ1) is 6.57. The molecule has 0 spiro atoms. The summed E-state index contributed by atoms with van der Waals surface area (Å²) in [6.45, 7) is 6.45. The van der Waals surface area contributed by atoms with Crippen LogP contribution in [0.15, 0.2) is 18.2 Å². The highest BCUT2D eigenvalue weighted by Crippen LogP contribution is 2.23. The summed E-state index contributed by atoms with van der Waals surface area (Å²) in [7, 11) is 0. The molecule has 0 aliphatic carbocycles. The molecule has 1 aromatic carbocycles. The Kier molecular flexibility index (Phi) is 3.64. The van der Waals surface area contributed by atoms with Crippen molar-refractivity contribution in [1.29, 1.82) is 0 Å². The summed E-state index contributed by atoms with van der Waals surface area (Å²) < 4.78 is 0. The Balaban J connectivity index is 3.35.